The molecule has 2 atom stereocenters. The molecule has 8 rings (SSSR count). The quantitative estimate of drug-likeness (QED) is 0.446. The molecule has 3 aromatic carbocycles. The smallest absolute Gasteiger partial charge is 0.258 e. The molecule has 5 aliphatic heterocycles. The van der Waals surface area contributed by atoms with Crippen LogP contribution in [0.4, 0.5) is 0 Å². The number of benzene rings is 3. The fraction of sp³-hybridized carbons (Fsp3) is 0.364. The molecule has 4 bridgehead atoms. The predicted octanol–water partition coefficient (Wildman–Crippen LogP) is 2.45. The molecule has 0 aliphatic carbocycles. The minimum atomic E-state index is -3.34. The van der Waals surface area contributed by atoms with Gasteiger partial charge in [0.1, 0.15) is 11.9 Å². The van der Waals surface area contributed by atoms with Crippen LogP contribution in [0.1, 0.15) is 29.5 Å². The Morgan fingerprint density at radius 2 is 1.71 bits per heavy atom. The summed E-state index contributed by atoms with van der Waals surface area (Å²) in [7, 11) is -1.83. The number of piperidine rings is 1. The molecular weight excluding hydrogens is 598 g/mol. The number of carbonyl (C=O) groups excluding carboxylic acids is 3. The van der Waals surface area contributed by atoms with Crippen LogP contribution in [-0.4, -0.2) is 76.2 Å². The highest BCUT2D eigenvalue weighted by Crippen LogP contribution is 2.29. The van der Waals surface area contributed by atoms with Crippen LogP contribution in [0.2, 0.25) is 0 Å². The van der Waals surface area contributed by atoms with Gasteiger partial charge in [-0.3, -0.25) is 14.4 Å². The van der Waals surface area contributed by atoms with Crippen molar-refractivity contribution in [2.45, 2.75) is 49.3 Å². The summed E-state index contributed by atoms with van der Waals surface area (Å²) in [6.45, 7) is 0.738. The number of hydrogen-bond donors (Lipinski definition) is 2. The molecule has 0 aromatic heterocycles. The molecule has 5 aliphatic rings. The van der Waals surface area contributed by atoms with Gasteiger partial charge < -0.3 is 29.7 Å². The zero-order valence-corrected chi connectivity index (χ0v) is 26.1. The SMILES string of the molecule is COc1cc2ccc1OCC(=O)N[C@@H]1CN(C(=O)Cc3ccc(S(C)(=O)=O)cc3)CC[C@H]1Oc1ccc(cc1)CNC(=O)CC2. The van der Waals surface area contributed by atoms with E-state index in [-0.39, 0.29) is 42.2 Å². The standard InChI is InChI=1S/C33H37N3O8S/c1-42-30-17-22-7-13-29(30)43-21-32(38)35-27-20-36(33(39)18-23-5-11-26(12-6-23)45(2,40)41)16-15-28(27)44-25-9-3-24(4-10-25)19-34-31(37)14-8-22/h3-7,9-13,17,27-28H,8,14-16,18-21H2,1-2H3,(H,34,37)(H,35,38)/t27-,28-/m1/s1. The first-order valence-corrected chi connectivity index (χ1v) is 16.6. The van der Waals surface area contributed by atoms with Crippen LogP contribution in [0.5, 0.6) is 17.2 Å². The van der Waals surface area contributed by atoms with E-state index in [9.17, 15) is 22.8 Å². The molecule has 45 heavy (non-hydrogen) atoms. The molecule has 2 N–H and O–H groups in total. The summed E-state index contributed by atoms with van der Waals surface area (Å²) >= 11 is 0. The molecule has 0 unspecified atom stereocenters. The second-order valence-electron chi connectivity index (χ2n) is 11.2. The van der Waals surface area contributed by atoms with Gasteiger partial charge in [-0.2, -0.15) is 0 Å². The van der Waals surface area contributed by atoms with Crippen LogP contribution in [-0.2, 0) is 43.6 Å². The van der Waals surface area contributed by atoms with E-state index in [0.29, 0.717) is 55.2 Å². The maximum atomic E-state index is 13.3. The lowest BCUT2D eigenvalue weighted by molar-refractivity contribution is -0.135. The van der Waals surface area contributed by atoms with Gasteiger partial charge in [0, 0.05) is 38.7 Å². The number of amides is 3. The molecule has 11 nitrogen and oxygen atoms in total. The third-order valence-electron chi connectivity index (χ3n) is 7.88. The maximum absolute atomic E-state index is 13.3. The van der Waals surface area contributed by atoms with E-state index in [1.54, 1.807) is 29.2 Å². The number of ether oxygens (including phenoxy) is 3. The highest BCUT2D eigenvalue weighted by atomic mass is 32.2. The van der Waals surface area contributed by atoms with Crippen molar-refractivity contribution < 1.29 is 37.0 Å². The lowest BCUT2D eigenvalue weighted by Crippen LogP contribution is -2.58. The molecule has 12 heteroatoms. The molecule has 3 aromatic rings. The summed E-state index contributed by atoms with van der Waals surface area (Å²) in [5, 5.41) is 5.95. The summed E-state index contributed by atoms with van der Waals surface area (Å²) < 4.78 is 41.2. The first-order chi connectivity index (χ1) is 21.6. The van der Waals surface area contributed by atoms with Gasteiger partial charge in [-0.15, -0.1) is 0 Å². The minimum absolute atomic E-state index is 0.0734. The molecule has 1 fully saturated rings. The van der Waals surface area contributed by atoms with Gasteiger partial charge in [0.25, 0.3) is 5.91 Å². The Hall–Kier alpha value is -4.58. The van der Waals surface area contributed by atoms with Crippen LogP contribution in [0.3, 0.4) is 0 Å². The highest BCUT2D eigenvalue weighted by molar-refractivity contribution is 7.90. The van der Waals surface area contributed by atoms with Gasteiger partial charge in [0.2, 0.25) is 11.8 Å². The average molecular weight is 636 g/mol. The van der Waals surface area contributed by atoms with Crippen LogP contribution < -0.4 is 24.8 Å². The number of aryl methyl sites for hydroxylation is 1. The Bertz CT molecular complexity index is 1640. The van der Waals surface area contributed by atoms with Crippen molar-refractivity contribution >= 4 is 27.6 Å². The number of sulfone groups is 1. The highest BCUT2D eigenvalue weighted by Gasteiger charge is 2.34. The number of hydrogen-bond acceptors (Lipinski definition) is 8. The third kappa shape index (κ3) is 8.53. The van der Waals surface area contributed by atoms with Crippen molar-refractivity contribution in [1.29, 1.82) is 0 Å². The van der Waals surface area contributed by atoms with Crippen molar-refractivity contribution in [3.63, 3.8) is 0 Å². The lowest BCUT2D eigenvalue weighted by Gasteiger charge is -2.39. The van der Waals surface area contributed by atoms with Crippen LogP contribution in [0.25, 0.3) is 0 Å². The number of nitrogens with one attached hydrogen (secondary N) is 2. The van der Waals surface area contributed by atoms with Crippen LogP contribution in [0.15, 0.2) is 71.6 Å². The molecule has 1 saturated heterocycles. The zero-order chi connectivity index (χ0) is 32.0. The predicted molar refractivity (Wildman–Crippen MR) is 166 cm³/mol. The zero-order valence-electron chi connectivity index (χ0n) is 25.3. The molecule has 3 amide bonds. The number of likely N-dealkylation sites (tertiary alicyclic amines) is 1. The van der Waals surface area contributed by atoms with Crippen LogP contribution in [0, 0.1) is 0 Å². The van der Waals surface area contributed by atoms with Crippen molar-refractivity contribution in [2.75, 3.05) is 33.1 Å². The summed E-state index contributed by atoms with van der Waals surface area (Å²) in [4.78, 5) is 40.8. The first-order valence-electron chi connectivity index (χ1n) is 14.8. The summed E-state index contributed by atoms with van der Waals surface area (Å²) in [5.41, 5.74) is 2.51. The Labute approximate surface area is 262 Å². The second-order valence-corrected chi connectivity index (χ2v) is 13.3. The number of carbonyl (C=O) groups is 3. The summed E-state index contributed by atoms with van der Waals surface area (Å²) in [6, 6.07) is 18.5. The Morgan fingerprint density at radius 3 is 2.42 bits per heavy atom. The molecular formula is C33H37N3O8S. The van der Waals surface area contributed by atoms with Crippen molar-refractivity contribution in [1.82, 2.24) is 15.5 Å². The normalized spacial score (nSPS) is 19.4. The van der Waals surface area contributed by atoms with Gasteiger partial charge in [-0.25, -0.2) is 8.42 Å². The first kappa shape index (κ1) is 31.8. The monoisotopic (exact) mass is 635 g/mol. The van der Waals surface area contributed by atoms with Crippen LogP contribution >= 0.6 is 0 Å². The van der Waals surface area contributed by atoms with E-state index < -0.39 is 22.0 Å². The molecule has 0 spiro atoms. The van der Waals surface area contributed by atoms with Crippen molar-refractivity contribution in [2.24, 2.45) is 0 Å². The van der Waals surface area contributed by atoms with Gasteiger partial charge in [0.05, 0.1) is 24.5 Å². The van der Waals surface area contributed by atoms with E-state index in [1.807, 2.05) is 30.3 Å². The molecule has 0 radical (unpaired) electrons. The van der Waals surface area contributed by atoms with Gasteiger partial charge in [-0.05, 0) is 59.5 Å². The Balaban J connectivity index is 1.33. The van der Waals surface area contributed by atoms with E-state index >= 15 is 0 Å². The summed E-state index contributed by atoms with van der Waals surface area (Å²) in [6.07, 6.45) is 2.10. The number of nitrogens with zero attached hydrogens (tertiary/aromatic N) is 1. The van der Waals surface area contributed by atoms with E-state index in [4.69, 9.17) is 14.2 Å². The molecule has 0 saturated carbocycles. The molecule has 238 valence electrons. The van der Waals surface area contributed by atoms with E-state index in [0.717, 1.165) is 17.4 Å². The number of methoxy groups -OCH3 is 1. The maximum Gasteiger partial charge on any atom is 0.258 e. The van der Waals surface area contributed by atoms with Gasteiger partial charge in [0.15, 0.2) is 27.9 Å². The summed E-state index contributed by atoms with van der Waals surface area (Å²) in [5.74, 6) is 0.853. The fourth-order valence-corrected chi connectivity index (χ4v) is 5.99. The Kier molecular flexibility index (Phi) is 9.92. The second kappa shape index (κ2) is 14.0. The molecule has 5 heterocycles. The van der Waals surface area contributed by atoms with Crippen molar-refractivity contribution in [3.05, 3.63) is 83.4 Å². The number of rotatable bonds is 4. The van der Waals surface area contributed by atoms with Crippen molar-refractivity contribution in [3.8, 4) is 17.2 Å². The van der Waals surface area contributed by atoms with E-state index in [2.05, 4.69) is 10.6 Å². The van der Waals surface area contributed by atoms with E-state index in [1.165, 1.54) is 19.2 Å². The van der Waals surface area contributed by atoms with Gasteiger partial charge >= 0.3 is 0 Å². The largest absolute Gasteiger partial charge is 0.493 e. The fourth-order valence-electron chi connectivity index (χ4n) is 5.36. The minimum Gasteiger partial charge on any atom is -0.493 e. The topological polar surface area (TPSA) is 140 Å². The third-order valence-corrected chi connectivity index (χ3v) is 9.01. The lowest BCUT2D eigenvalue weighted by atomic mass is 10.0. The van der Waals surface area contributed by atoms with Gasteiger partial charge in [-0.1, -0.05) is 30.3 Å². The average Bonchev–Trinajstić information content (AvgIpc) is 3.02. The Morgan fingerprint density at radius 1 is 0.978 bits per heavy atom.